The highest BCUT2D eigenvalue weighted by Gasteiger charge is 2.06. The number of carboxylic acid groups (broad SMARTS) is 1. The number of ether oxygens (including phenoxy) is 1. The monoisotopic (exact) mass is 416 g/mol. The predicted molar refractivity (Wildman–Crippen MR) is 117 cm³/mol. The number of pyridine rings is 1. The number of nitrogen functional groups attached to an aromatic ring is 1. The second-order valence-corrected chi connectivity index (χ2v) is 6.71. The van der Waals surface area contributed by atoms with Crippen molar-refractivity contribution in [2.24, 2.45) is 0 Å². The predicted octanol–water partition coefficient (Wildman–Crippen LogP) is 3.70. The maximum Gasteiger partial charge on any atom is 0.404 e. The molecule has 0 atom stereocenters. The zero-order valence-corrected chi connectivity index (χ0v) is 16.4. The molecular weight excluding hydrogens is 396 g/mol. The largest absolute Gasteiger partial charge is 0.488 e. The van der Waals surface area contributed by atoms with Crippen LogP contribution in [0, 0.1) is 0 Å². The number of benzene rings is 2. The Balaban J connectivity index is 1.42. The van der Waals surface area contributed by atoms with Crippen LogP contribution in [0.3, 0.4) is 0 Å². The molecule has 2 aromatic carbocycles. The second kappa shape index (κ2) is 8.95. The molecule has 156 valence electrons. The molecule has 9 heteroatoms. The first-order chi connectivity index (χ1) is 15.1. The number of aromatic nitrogens is 3. The SMILES string of the molecule is Nc1ccc(OCc2ccnc(Nc3cnc(CNC(=O)O)cn3)c2)c2ccccc12. The van der Waals surface area contributed by atoms with Gasteiger partial charge in [0.1, 0.15) is 24.0 Å². The molecule has 5 N–H and O–H groups in total. The first kappa shape index (κ1) is 19.9. The minimum Gasteiger partial charge on any atom is -0.488 e. The lowest BCUT2D eigenvalue weighted by Gasteiger charge is -2.12. The topological polar surface area (TPSA) is 135 Å². The summed E-state index contributed by atoms with van der Waals surface area (Å²) in [6.45, 7) is 0.449. The van der Waals surface area contributed by atoms with Crippen LogP contribution in [0.2, 0.25) is 0 Å². The maximum atomic E-state index is 10.5. The normalized spacial score (nSPS) is 10.6. The van der Waals surface area contributed by atoms with Crippen LogP contribution in [0.25, 0.3) is 10.8 Å². The van der Waals surface area contributed by atoms with Gasteiger partial charge in [-0.25, -0.2) is 14.8 Å². The lowest BCUT2D eigenvalue weighted by Crippen LogP contribution is -2.20. The van der Waals surface area contributed by atoms with Crippen molar-refractivity contribution in [3.63, 3.8) is 0 Å². The molecule has 0 saturated heterocycles. The summed E-state index contributed by atoms with van der Waals surface area (Å²) in [6.07, 6.45) is 3.58. The third kappa shape index (κ3) is 4.96. The lowest BCUT2D eigenvalue weighted by molar-refractivity contribution is 0.194. The van der Waals surface area contributed by atoms with Crippen molar-refractivity contribution in [2.75, 3.05) is 11.1 Å². The molecule has 9 nitrogen and oxygen atoms in total. The summed E-state index contributed by atoms with van der Waals surface area (Å²) in [7, 11) is 0. The molecular formula is C22H20N6O3. The van der Waals surface area contributed by atoms with Crippen LogP contribution < -0.4 is 21.1 Å². The van der Waals surface area contributed by atoms with E-state index in [2.05, 4.69) is 25.6 Å². The number of anilines is 3. The van der Waals surface area contributed by atoms with Crippen LogP contribution in [-0.4, -0.2) is 26.2 Å². The van der Waals surface area contributed by atoms with Gasteiger partial charge in [-0.2, -0.15) is 0 Å². The highest BCUT2D eigenvalue weighted by molar-refractivity contribution is 5.96. The van der Waals surface area contributed by atoms with Gasteiger partial charge < -0.3 is 26.2 Å². The van der Waals surface area contributed by atoms with Gasteiger partial charge in [-0.05, 0) is 29.8 Å². The van der Waals surface area contributed by atoms with Gasteiger partial charge in [-0.1, -0.05) is 24.3 Å². The minimum absolute atomic E-state index is 0.0908. The fourth-order valence-electron chi connectivity index (χ4n) is 3.02. The molecule has 4 aromatic rings. The Kier molecular flexibility index (Phi) is 5.75. The van der Waals surface area contributed by atoms with Gasteiger partial charge in [0, 0.05) is 22.7 Å². The molecule has 2 aromatic heterocycles. The first-order valence-electron chi connectivity index (χ1n) is 9.48. The third-order valence-corrected chi connectivity index (χ3v) is 4.52. The van der Waals surface area contributed by atoms with E-state index in [1.54, 1.807) is 6.20 Å². The fraction of sp³-hybridized carbons (Fsp3) is 0.0909. The van der Waals surface area contributed by atoms with Crippen LogP contribution >= 0.6 is 0 Å². The molecule has 0 fully saturated rings. The molecule has 0 aliphatic rings. The van der Waals surface area contributed by atoms with E-state index in [1.165, 1.54) is 12.4 Å². The summed E-state index contributed by atoms with van der Waals surface area (Å²) in [4.78, 5) is 23.2. The number of nitrogens with one attached hydrogen (secondary N) is 2. The van der Waals surface area contributed by atoms with Crippen LogP contribution in [0.15, 0.2) is 67.1 Å². The molecule has 0 aliphatic carbocycles. The maximum absolute atomic E-state index is 10.5. The van der Waals surface area contributed by atoms with E-state index in [4.69, 9.17) is 15.6 Å². The number of amides is 1. The van der Waals surface area contributed by atoms with Crippen molar-refractivity contribution in [2.45, 2.75) is 13.2 Å². The van der Waals surface area contributed by atoms with Crippen molar-refractivity contribution < 1.29 is 14.6 Å². The molecule has 0 unspecified atom stereocenters. The third-order valence-electron chi connectivity index (χ3n) is 4.52. The molecule has 31 heavy (non-hydrogen) atoms. The zero-order chi connectivity index (χ0) is 21.6. The Bertz CT molecular complexity index is 1210. The van der Waals surface area contributed by atoms with Crippen molar-refractivity contribution in [3.05, 3.63) is 78.4 Å². The van der Waals surface area contributed by atoms with Gasteiger partial charge in [-0.3, -0.25) is 4.98 Å². The van der Waals surface area contributed by atoms with Gasteiger partial charge >= 0.3 is 6.09 Å². The molecule has 4 rings (SSSR count). The molecule has 0 spiro atoms. The first-order valence-corrected chi connectivity index (χ1v) is 9.48. The zero-order valence-electron chi connectivity index (χ0n) is 16.4. The summed E-state index contributed by atoms with van der Waals surface area (Å²) in [6, 6.07) is 15.3. The summed E-state index contributed by atoms with van der Waals surface area (Å²) < 4.78 is 6.03. The van der Waals surface area contributed by atoms with Crippen molar-refractivity contribution in [1.82, 2.24) is 20.3 Å². The highest BCUT2D eigenvalue weighted by atomic mass is 16.5. The number of hydrogen-bond donors (Lipinski definition) is 4. The Labute approximate surface area is 177 Å². The van der Waals surface area contributed by atoms with Crippen LogP contribution in [0.1, 0.15) is 11.3 Å². The number of carbonyl (C=O) groups is 1. The summed E-state index contributed by atoms with van der Waals surface area (Å²) >= 11 is 0. The lowest BCUT2D eigenvalue weighted by atomic mass is 10.1. The fourth-order valence-corrected chi connectivity index (χ4v) is 3.02. The molecule has 0 bridgehead atoms. The molecule has 2 heterocycles. The highest BCUT2D eigenvalue weighted by Crippen LogP contribution is 2.30. The van der Waals surface area contributed by atoms with Gasteiger partial charge in [0.2, 0.25) is 0 Å². The minimum atomic E-state index is -1.11. The number of fused-ring (bicyclic) bond motifs is 1. The Morgan fingerprint density at radius 3 is 2.61 bits per heavy atom. The van der Waals surface area contributed by atoms with Crippen LogP contribution in [0.5, 0.6) is 5.75 Å². The summed E-state index contributed by atoms with van der Waals surface area (Å²) in [5.74, 6) is 1.84. The van der Waals surface area contributed by atoms with E-state index in [1.807, 2.05) is 48.5 Å². The quantitative estimate of drug-likeness (QED) is 0.335. The van der Waals surface area contributed by atoms with Gasteiger partial charge in [0.15, 0.2) is 0 Å². The Morgan fingerprint density at radius 2 is 1.84 bits per heavy atom. The van der Waals surface area contributed by atoms with E-state index in [0.29, 0.717) is 29.6 Å². The molecule has 0 aliphatic heterocycles. The Hall–Kier alpha value is -4.40. The van der Waals surface area contributed by atoms with Crippen LogP contribution in [-0.2, 0) is 13.2 Å². The molecule has 0 saturated carbocycles. The van der Waals surface area contributed by atoms with Crippen LogP contribution in [0.4, 0.5) is 22.1 Å². The van der Waals surface area contributed by atoms with E-state index in [9.17, 15) is 4.79 Å². The summed E-state index contributed by atoms with van der Waals surface area (Å²) in [5.41, 5.74) is 8.20. The average molecular weight is 416 g/mol. The number of rotatable bonds is 7. The number of nitrogens with zero attached hydrogens (tertiary/aromatic N) is 3. The van der Waals surface area contributed by atoms with E-state index < -0.39 is 6.09 Å². The number of nitrogens with two attached hydrogens (primary N) is 1. The van der Waals surface area contributed by atoms with Gasteiger partial charge in [0.05, 0.1) is 24.6 Å². The van der Waals surface area contributed by atoms with Gasteiger partial charge in [-0.15, -0.1) is 0 Å². The molecule has 1 amide bonds. The number of hydrogen-bond acceptors (Lipinski definition) is 7. The van der Waals surface area contributed by atoms with Crippen molar-refractivity contribution in [3.8, 4) is 5.75 Å². The smallest absolute Gasteiger partial charge is 0.404 e. The van der Waals surface area contributed by atoms with Crippen molar-refractivity contribution in [1.29, 1.82) is 0 Å². The molecule has 0 radical (unpaired) electrons. The Morgan fingerprint density at radius 1 is 1.00 bits per heavy atom. The van der Waals surface area contributed by atoms with E-state index in [0.717, 1.165) is 22.1 Å². The standard InChI is InChI=1S/C22H20N6O3/c23-18-5-6-19(17-4-2-1-3-16(17)18)31-13-14-7-8-24-20(9-14)28-21-12-25-15(10-26-21)11-27-22(29)30/h1-10,12,27H,11,13,23H2,(H,29,30)(H,24,26,28). The average Bonchev–Trinajstić information content (AvgIpc) is 2.79. The summed E-state index contributed by atoms with van der Waals surface area (Å²) in [5, 5.41) is 15.9. The van der Waals surface area contributed by atoms with E-state index >= 15 is 0 Å². The van der Waals surface area contributed by atoms with Crippen molar-refractivity contribution >= 4 is 34.2 Å². The van der Waals surface area contributed by atoms with E-state index in [-0.39, 0.29) is 6.54 Å². The second-order valence-electron chi connectivity index (χ2n) is 6.71. The van der Waals surface area contributed by atoms with Gasteiger partial charge in [0.25, 0.3) is 0 Å².